The molecule has 1 saturated heterocycles. The van der Waals surface area contributed by atoms with Crippen LogP contribution < -0.4 is 10.1 Å². The van der Waals surface area contributed by atoms with E-state index in [1.807, 2.05) is 18.2 Å². The molecule has 2 heterocycles. The molecule has 2 aromatic rings. The Bertz CT molecular complexity index is 529. The fourth-order valence-corrected chi connectivity index (χ4v) is 2.23. The minimum atomic E-state index is 0.452. The van der Waals surface area contributed by atoms with Crippen LogP contribution in [0.5, 0.6) is 5.75 Å². The Labute approximate surface area is 106 Å². The lowest BCUT2D eigenvalue weighted by Gasteiger charge is -2.07. The molecule has 1 unspecified atom stereocenters. The molecule has 0 bridgehead atoms. The van der Waals surface area contributed by atoms with E-state index >= 15 is 0 Å². The molecule has 1 aromatic heterocycles. The van der Waals surface area contributed by atoms with Crippen LogP contribution in [0.3, 0.4) is 0 Å². The molecular formula is C14H17NO3. The number of benzene rings is 1. The lowest BCUT2D eigenvalue weighted by molar-refractivity contribution is 0.189. The van der Waals surface area contributed by atoms with E-state index < -0.39 is 0 Å². The van der Waals surface area contributed by atoms with Crippen molar-refractivity contribution in [2.24, 2.45) is 0 Å². The van der Waals surface area contributed by atoms with Gasteiger partial charge in [0, 0.05) is 18.0 Å². The van der Waals surface area contributed by atoms with Gasteiger partial charge in [0.15, 0.2) is 0 Å². The van der Waals surface area contributed by atoms with Crippen molar-refractivity contribution in [2.45, 2.75) is 19.0 Å². The summed E-state index contributed by atoms with van der Waals surface area (Å²) < 4.78 is 16.3. The molecule has 4 heteroatoms. The van der Waals surface area contributed by atoms with Crippen molar-refractivity contribution in [3.8, 4) is 5.75 Å². The molecule has 0 saturated carbocycles. The van der Waals surface area contributed by atoms with Gasteiger partial charge in [-0.25, -0.2) is 0 Å². The van der Waals surface area contributed by atoms with Crippen LogP contribution in [0.2, 0.25) is 0 Å². The van der Waals surface area contributed by atoms with Crippen LogP contribution in [0.25, 0.3) is 11.0 Å². The molecule has 0 amide bonds. The van der Waals surface area contributed by atoms with Gasteiger partial charge in [-0.3, -0.25) is 0 Å². The third kappa shape index (κ3) is 2.35. The number of ether oxygens (including phenoxy) is 2. The van der Waals surface area contributed by atoms with E-state index in [-0.39, 0.29) is 0 Å². The molecule has 0 aliphatic carbocycles. The van der Waals surface area contributed by atoms with Gasteiger partial charge in [0.25, 0.3) is 0 Å². The van der Waals surface area contributed by atoms with Gasteiger partial charge in [-0.05, 0) is 30.7 Å². The van der Waals surface area contributed by atoms with Crippen molar-refractivity contribution in [3.05, 3.63) is 30.0 Å². The topological polar surface area (TPSA) is 43.6 Å². The zero-order valence-electron chi connectivity index (χ0n) is 10.4. The van der Waals surface area contributed by atoms with Gasteiger partial charge in [-0.1, -0.05) is 0 Å². The summed E-state index contributed by atoms with van der Waals surface area (Å²) in [6, 6.07) is 8.35. The average Bonchev–Trinajstić information content (AvgIpc) is 3.04. The van der Waals surface area contributed by atoms with Crippen LogP contribution >= 0.6 is 0 Å². The minimum absolute atomic E-state index is 0.452. The minimum Gasteiger partial charge on any atom is -0.497 e. The number of nitrogens with one attached hydrogen (secondary N) is 1. The smallest absolute Gasteiger partial charge is 0.134 e. The van der Waals surface area contributed by atoms with E-state index in [4.69, 9.17) is 13.9 Å². The van der Waals surface area contributed by atoms with Gasteiger partial charge >= 0.3 is 0 Å². The number of rotatable bonds is 4. The monoisotopic (exact) mass is 247 g/mol. The molecule has 0 spiro atoms. The fourth-order valence-electron chi connectivity index (χ4n) is 2.23. The highest BCUT2D eigenvalue weighted by Crippen LogP contribution is 2.24. The van der Waals surface area contributed by atoms with Crippen LogP contribution in [0.4, 0.5) is 0 Å². The van der Waals surface area contributed by atoms with Gasteiger partial charge in [0.2, 0.25) is 0 Å². The largest absolute Gasteiger partial charge is 0.497 e. The second-order valence-electron chi connectivity index (χ2n) is 4.56. The lowest BCUT2D eigenvalue weighted by atomic mass is 10.2. The Morgan fingerprint density at radius 2 is 2.33 bits per heavy atom. The molecule has 18 heavy (non-hydrogen) atoms. The quantitative estimate of drug-likeness (QED) is 0.900. The van der Waals surface area contributed by atoms with Crippen molar-refractivity contribution in [3.63, 3.8) is 0 Å². The van der Waals surface area contributed by atoms with Gasteiger partial charge in [-0.2, -0.15) is 0 Å². The molecule has 1 aliphatic rings. The van der Waals surface area contributed by atoms with E-state index in [1.54, 1.807) is 7.11 Å². The van der Waals surface area contributed by atoms with Gasteiger partial charge in [-0.15, -0.1) is 0 Å². The summed E-state index contributed by atoms with van der Waals surface area (Å²) in [4.78, 5) is 0. The summed E-state index contributed by atoms with van der Waals surface area (Å²) >= 11 is 0. The van der Waals surface area contributed by atoms with Crippen LogP contribution in [0.15, 0.2) is 28.7 Å². The maximum absolute atomic E-state index is 5.77. The molecule has 96 valence electrons. The van der Waals surface area contributed by atoms with E-state index in [9.17, 15) is 0 Å². The number of methoxy groups -OCH3 is 1. The summed E-state index contributed by atoms with van der Waals surface area (Å²) in [6.07, 6.45) is 1.08. The SMILES string of the molecule is COc1ccc2oc(CNC3CCOC3)cc2c1. The highest BCUT2D eigenvalue weighted by atomic mass is 16.5. The Balaban J connectivity index is 1.72. The predicted molar refractivity (Wildman–Crippen MR) is 68.8 cm³/mol. The first-order valence-electron chi connectivity index (χ1n) is 6.23. The summed E-state index contributed by atoms with van der Waals surface area (Å²) in [7, 11) is 1.67. The van der Waals surface area contributed by atoms with E-state index in [1.165, 1.54) is 0 Å². The normalized spacial score (nSPS) is 19.5. The fraction of sp³-hybridized carbons (Fsp3) is 0.429. The van der Waals surface area contributed by atoms with E-state index in [0.29, 0.717) is 6.04 Å². The summed E-state index contributed by atoms with van der Waals surface area (Å²) in [5.41, 5.74) is 0.898. The van der Waals surface area contributed by atoms with Crippen LogP contribution in [0.1, 0.15) is 12.2 Å². The van der Waals surface area contributed by atoms with Gasteiger partial charge < -0.3 is 19.2 Å². The number of hydrogen-bond acceptors (Lipinski definition) is 4. The Morgan fingerprint density at radius 1 is 1.39 bits per heavy atom. The summed E-state index contributed by atoms with van der Waals surface area (Å²) in [5.74, 6) is 1.80. The standard InChI is InChI=1S/C14H17NO3/c1-16-12-2-3-14-10(6-12)7-13(18-14)8-15-11-4-5-17-9-11/h2-3,6-7,11,15H,4-5,8-9H2,1H3. The van der Waals surface area contributed by atoms with Crippen molar-refractivity contribution in [2.75, 3.05) is 20.3 Å². The number of hydrogen-bond donors (Lipinski definition) is 1. The third-order valence-corrected chi connectivity index (χ3v) is 3.27. The first-order chi connectivity index (χ1) is 8.85. The molecule has 1 N–H and O–H groups in total. The summed E-state index contributed by atoms with van der Waals surface area (Å²) in [6.45, 7) is 2.40. The molecule has 1 atom stereocenters. The van der Waals surface area contributed by atoms with Gasteiger partial charge in [0.05, 0.1) is 20.3 Å². The molecule has 4 nitrogen and oxygen atoms in total. The molecule has 3 rings (SSSR count). The molecule has 1 fully saturated rings. The molecular weight excluding hydrogens is 230 g/mol. The summed E-state index contributed by atoms with van der Waals surface area (Å²) in [5, 5.41) is 4.52. The zero-order chi connectivity index (χ0) is 12.4. The van der Waals surface area contributed by atoms with E-state index in [0.717, 1.165) is 48.7 Å². The van der Waals surface area contributed by atoms with Crippen LogP contribution in [0, 0.1) is 0 Å². The lowest BCUT2D eigenvalue weighted by Crippen LogP contribution is -2.28. The third-order valence-electron chi connectivity index (χ3n) is 3.27. The molecule has 1 aliphatic heterocycles. The molecule has 1 aromatic carbocycles. The van der Waals surface area contributed by atoms with Crippen LogP contribution in [-0.2, 0) is 11.3 Å². The predicted octanol–water partition coefficient (Wildman–Crippen LogP) is 2.32. The Kier molecular flexibility index (Phi) is 3.21. The number of fused-ring (bicyclic) bond motifs is 1. The van der Waals surface area contributed by atoms with Crippen molar-refractivity contribution >= 4 is 11.0 Å². The zero-order valence-corrected chi connectivity index (χ0v) is 10.4. The van der Waals surface area contributed by atoms with E-state index in [2.05, 4.69) is 11.4 Å². The maximum atomic E-state index is 5.77. The Morgan fingerprint density at radius 3 is 3.11 bits per heavy atom. The van der Waals surface area contributed by atoms with Gasteiger partial charge in [0.1, 0.15) is 17.1 Å². The van der Waals surface area contributed by atoms with Crippen molar-refractivity contribution in [1.29, 1.82) is 0 Å². The highest BCUT2D eigenvalue weighted by molar-refractivity contribution is 5.79. The van der Waals surface area contributed by atoms with Crippen LogP contribution in [-0.4, -0.2) is 26.4 Å². The Hall–Kier alpha value is -1.52. The maximum Gasteiger partial charge on any atom is 0.134 e. The number of furan rings is 1. The highest BCUT2D eigenvalue weighted by Gasteiger charge is 2.15. The van der Waals surface area contributed by atoms with Crippen molar-refractivity contribution in [1.82, 2.24) is 5.32 Å². The first kappa shape index (κ1) is 11.6. The first-order valence-corrected chi connectivity index (χ1v) is 6.23. The molecule has 0 radical (unpaired) electrons. The second kappa shape index (κ2) is 5.00. The average molecular weight is 247 g/mol. The van der Waals surface area contributed by atoms with Crippen molar-refractivity contribution < 1.29 is 13.9 Å². The second-order valence-corrected chi connectivity index (χ2v) is 4.56.